The lowest BCUT2D eigenvalue weighted by Crippen LogP contribution is -2.47. The van der Waals surface area contributed by atoms with Crippen LogP contribution >= 0.6 is 0 Å². The third kappa shape index (κ3) is 5.29. The maximum Gasteiger partial charge on any atom is 0.236 e. The zero-order chi connectivity index (χ0) is 16.7. The number of hydrogen-bond donors (Lipinski definition) is 1. The minimum atomic E-state index is 0.0527. The number of nitrogens with zero attached hydrogens (tertiary/aromatic N) is 3. The first-order valence-corrected chi connectivity index (χ1v) is 8.59. The molecular weight excluding hydrogens is 290 g/mol. The van der Waals surface area contributed by atoms with Crippen molar-refractivity contribution in [2.24, 2.45) is 5.92 Å². The van der Waals surface area contributed by atoms with Gasteiger partial charge in [0.15, 0.2) is 0 Å². The number of amides is 1. The molecule has 1 aromatic heterocycles. The van der Waals surface area contributed by atoms with Crippen molar-refractivity contribution in [3.8, 4) is 0 Å². The van der Waals surface area contributed by atoms with Crippen LogP contribution in [0.3, 0.4) is 0 Å². The summed E-state index contributed by atoms with van der Waals surface area (Å²) in [5, 5.41) is 9.27. The van der Waals surface area contributed by atoms with E-state index in [9.17, 15) is 9.90 Å². The molecule has 1 aliphatic carbocycles. The molecule has 1 amide bonds. The molecule has 1 aliphatic rings. The van der Waals surface area contributed by atoms with Crippen molar-refractivity contribution < 1.29 is 9.90 Å². The predicted molar refractivity (Wildman–Crippen MR) is 90.8 cm³/mol. The van der Waals surface area contributed by atoms with Gasteiger partial charge < -0.3 is 10.0 Å². The molecule has 1 saturated carbocycles. The Hall–Kier alpha value is -1.46. The summed E-state index contributed by atoms with van der Waals surface area (Å²) in [7, 11) is 1.93. The van der Waals surface area contributed by atoms with Gasteiger partial charge in [-0.1, -0.05) is 25.8 Å². The largest absolute Gasteiger partial charge is 0.395 e. The molecule has 2 rings (SSSR count). The predicted octanol–water partition coefficient (Wildman–Crippen LogP) is 1.91. The van der Waals surface area contributed by atoms with Crippen LogP contribution in [0.15, 0.2) is 24.5 Å². The molecule has 1 aromatic rings. The second-order valence-corrected chi connectivity index (χ2v) is 6.63. The average Bonchev–Trinajstić information content (AvgIpc) is 2.56. The van der Waals surface area contributed by atoms with Crippen LogP contribution in [0, 0.1) is 5.92 Å². The van der Waals surface area contributed by atoms with Crippen LogP contribution in [-0.2, 0) is 11.3 Å². The Balaban J connectivity index is 1.94. The van der Waals surface area contributed by atoms with Gasteiger partial charge in [-0.3, -0.25) is 14.7 Å². The summed E-state index contributed by atoms with van der Waals surface area (Å²) in [6, 6.07) is 4.24. The van der Waals surface area contributed by atoms with Gasteiger partial charge in [0.25, 0.3) is 0 Å². The summed E-state index contributed by atoms with van der Waals surface area (Å²) in [5.74, 6) is 0.711. The van der Waals surface area contributed by atoms with Gasteiger partial charge in [-0.15, -0.1) is 0 Å². The highest BCUT2D eigenvalue weighted by Crippen LogP contribution is 2.27. The third-order valence-corrected chi connectivity index (χ3v) is 4.86. The number of aliphatic hydroxyl groups is 1. The Bertz CT molecular complexity index is 480. The molecule has 23 heavy (non-hydrogen) atoms. The molecule has 0 saturated heterocycles. The molecule has 0 spiro atoms. The van der Waals surface area contributed by atoms with E-state index < -0.39 is 0 Å². The molecule has 128 valence electrons. The number of likely N-dealkylation sites (N-methyl/N-ethyl adjacent to an activating group) is 1. The van der Waals surface area contributed by atoms with Crippen LogP contribution in [0.2, 0.25) is 0 Å². The Labute approximate surface area is 139 Å². The van der Waals surface area contributed by atoms with E-state index >= 15 is 0 Å². The number of aromatic nitrogens is 1. The van der Waals surface area contributed by atoms with Gasteiger partial charge in [0.2, 0.25) is 5.91 Å². The number of aliphatic hydroxyl groups excluding tert-OH is 1. The van der Waals surface area contributed by atoms with Crippen LogP contribution in [-0.4, -0.2) is 58.6 Å². The van der Waals surface area contributed by atoms with Crippen molar-refractivity contribution in [2.75, 3.05) is 26.7 Å². The SMILES string of the molecule is CC1CCCCC1N(C)C(=O)CN(CCO)Cc1cccnc1. The highest BCUT2D eigenvalue weighted by Gasteiger charge is 2.28. The minimum Gasteiger partial charge on any atom is -0.395 e. The van der Waals surface area contributed by atoms with E-state index in [0.29, 0.717) is 31.6 Å². The second-order valence-electron chi connectivity index (χ2n) is 6.63. The smallest absolute Gasteiger partial charge is 0.236 e. The fourth-order valence-electron chi connectivity index (χ4n) is 3.47. The van der Waals surface area contributed by atoms with E-state index in [2.05, 4.69) is 11.9 Å². The number of hydrogen-bond acceptors (Lipinski definition) is 4. The van der Waals surface area contributed by atoms with E-state index in [1.165, 1.54) is 19.3 Å². The molecule has 2 unspecified atom stereocenters. The molecular formula is C18H29N3O2. The Morgan fingerprint density at radius 1 is 1.39 bits per heavy atom. The molecule has 0 radical (unpaired) electrons. The van der Waals surface area contributed by atoms with Gasteiger partial charge in [0.05, 0.1) is 13.2 Å². The lowest BCUT2D eigenvalue weighted by atomic mass is 9.85. The molecule has 2 atom stereocenters. The lowest BCUT2D eigenvalue weighted by molar-refractivity contribution is -0.135. The summed E-state index contributed by atoms with van der Waals surface area (Å²) < 4.78 is 0. The fourth-order valence-corrected chi connectivity index (χ4v) is 3.47. The minimum absolute atomic E-state index is 0.0527. The number of pyridine rings is 1. The van der Waals surface area contributed by atoms with Crippen LogP contribution < -0.4 is 0 Å². The standard InChI is InChI=1S/C18H29N3O2/c1-15-6-3-4-8-17(15)20(2)18(23)14-21(10-11-22)13-16-7-5-9-19-12-16/h5,7,9,12,15,17,22H,3-4,6,8,10-11,13-14H2,1-2H3. The number of carbonyl (C=O) groups is 1. The zero-order valence-corrected chi connectivity index (χ0v) is 14.3. The fraction of sp³-hybridized carbons (Fsp3) is 0.667. The van der Waals surface area contributed by atoms with Gasteiger partial charge in [-0.05, 0) is 30.4 Å². The highest BCUT2D eigenvalue weighted by atomic mass is 16.3. The van der Waals surface area contributed by atoms with Crippen molar-refractivity contribution in [1.82, 2.24) is 14.8 Å². The van der Waals surface area contributed by atoms with Gasteiger partial charge >= 0.3 is 0 Å². The first kappa shape index (κ1) is 17.9. The molecule has 5 nitrogen and oxygen atoms in total. The van der Waals surface area contributed by atoms with E-state index in [1.54, 1.807) is 6.20 Å². The molecule has 0 aromatic carbocycles. The van der Waals surface area contributed by atoms with Crippen molar-refractivity contribution in [3.05, 3.63) is 30.1 Å². The Kier molecular flexibility index (Phi) is 6.99. The summed E-state index contributed by atoms with van der Waals surface area (Å²) in [6.07, 6.45) is 8.34. The number of carbonyl (C=O) groups excluding carboxylic acids is 1. The number of rotatable bonds is 7. The van der Waals surface area contributed by atoms with E-state index in [1.807, 2.05) is 35.2 Å². The first-order chi connectivity index (χ1) is 11.1. The summed E-state index contributed by atoms with van der Waals surface area (Å²) in [4.78, 5) is 20.7. The maximum atomic E-state index is 12.7. The van der Waals surface area contributed by atoms with Crippen molar-refractivity contribution in [2.45, 2.75) is 45.2 Å². The molecule has 5 heteroatoms. The van der Waals surface area contributed by atoms with Crippen LogP contribution in [0.4, 0.5) is 0 Å². The topological polar surface area (TPSA) is 56.7 Å². The van der Waals surface area contributed by atoms with Crippen LogP contribution in [0.1, 0.15) is 38.2 Å². The monoisotopic (exact) mass is 319 g/mol. The van der Waals surface area contributed by atoms with Crippen molar-refractivity contribution in [1.29, 1.82) is 0 Å². The zero-order valence-electron chi connectivity index (χ0n) is 14.3. The average molecular weight is 319 g/mol. The molecule has 1 fully saturated rings. The highest BCUT2D eigenvalue weighted by molar-refractivity contribution is 5.78. The van der Waals surface area contributed by atoms with Crippen LogP contribution in [0.5, 0.6) is 0 Å². The van der Waals surface area contributed by atoms with E-state index in [4.69, 9.17) is 0 Å². The maximum absolute atomic E-state index is 12.7. The molecule has 0 aliphatic heterocycles. The van der Waals surface area contributed by atoms with Crippen molar-refractivity contribution in [3.63, 3.8) is 0 Å². The lowest BCUT2D eigenvalue weighted by Gasteiger charge is -2.37. The summed E-state index contributed by atoms with van der Waals surface area (Å²) >= 11 is 0. The van der Waals surface area contributed by atoms with Crippen molar-refractivity contribution >= 4 is 5.91 Å². The van der Waals surface area contributed by atoms with Gasteiger partial charge in [-0.25, -0.2) is 0 Å². The van der Waals surface area contributed by atoms with Gasteiger partial charge in [0.1, 0.15) is 0 Å². The summed E-state index contributed by atoms with van der Waals surface area (Å²) in [6.45, 7) is 3.77. The van der Waals surface area contributed by atoms with E-state index in [-0.39, 0.29) is 12.5 Å². The quantitative estimate of drug-likeness (QED) is 0.834. The van der Waals surface area contributed by atoms with Crippen LogP contribution in [0.25, 0.3) is 0 Å². The Morgan fingerprint density at radius 2 is 2.17 bits per heavy atom. The van der Waals surface area contributed by atoms with E-state index in [0.717, 1.165) is 12.0 Å². The van der Waals surface area contributed by atoms with Gasteiger partial charge in [-0.2, -0.15) is 0 Å². The molecule has 0 bridgehead atoms. The molecule has 1 heterocycles. The first-order valence-electron chi connectivity index (χ1n) is 8.59. The third-order valence-electron chi connectivity index (χ3n) is 4.86. The molecule has 1 N–H and O–H groups in total. The Morgan fingerprint density at radius 3 is 2.83 bits per heavy atom. The summed E-state index contributed by atoms with van der Waals surface area (Å²) in [5.41, 5.74) is 1.06. The van der Waals surface area contributed by atoms with Gasteiger partial charge in [0, 0.05) is 38.6 Å². The second kappa shape index (κ2) is 8.99. The normalized spacial score (nSPS) is 21.4.